The molecule has 0 aliphatic carbocycles. The lowest BCUT2D eigenvalue weighted by Gasteiger charge is -2.07. The molecule has 134 valence electrons. The molecule has 0 aromatic heterocycles. The van der Waals surface area contributed by atoms with Gasteiger partial charge in [-0.05, 0) is 55.5 Å². The standard InChI is InChI=1S/C20H21N3O3/c1-3-26-19-12-10-18(11-13-19)23-20(25)21-14-4-5-16-6-8-17(9-7-16)22-15(2)24/h6-13H,3,14H2,1-2H3,(H,22,24)(H2,21,23,25). The van der Waals surface area contributed by atoms with Crippen LogP contribution in [0.25, 0.3) is 0 Å². The van der Waals surface area contributed by atoms with Gasteiger partial charge in [-0.1, -0.05) is 11.8 Å². The van der Waals surface area contributed by atoms with Gasteiger partial charge < -0.3 is 20.7 Å². The van der Waals surface area contributed by atoms with Crippen molar-refractivity contribution in [3.8, 4) is 17.6 Å². The third-order valence-corrected chi connectivity index (χ3v) is 3.20. The lowest BCUT2D eigenvalue weighted by atomic mass is 10.2. The second-order valence-corrected chi connectivity index (χ2v) is 5.33. The highest BCUT2D eigenvalue weighted by molar-refractivity contribution is 5.89. The molecule has 0 saturated carbocycles. The molecule has 3 amide bonds. The van der Waals surface area contributed by atoms with Crippen LogP contribution in [0.3, 0.4) is 0 Å². The van der Waals surface area contributed by atoms with Gasteiger partial charge in [-0.2, -0.15) is 0 Å². The van der Waals surface area contributed by atoms with Gasteiger partial charge in [0.2, 0.25) is 5.91 Å². The third kappa shape index (κ3) is 6.57. The molecule has 0 aliphatic rings. The number of benzene rings is 2. The summed E-state index contributed by atoms with van der Waals surface area (Å²) < 4.78 is 5.35. The Bertz CT molecular complexity index is 803. The lowest BCUT2D eigenvalue weighted by molar-refractivity contribution is -0.114. The topological polar surface area (TPSA) is 79.5 Å². The van der Waals surface area contributed by atoms with E-state index in [1.807, 2.05) is 6.92 Å². The fourth-order valence-electron chi connectivity index (χ4n) is 2.09. The average molecular weight is 351 g/mol. The first kappa shape index (κ1) is 18.9. The number of rotatable bonds is 5. The zero-order valence-corrected chi connectivity index (χ0v) is 14.8. The number of carbonyl (C=O) groups is 2. The fourth-order valence-corrected chi connectivity index (χ4v) is 2.09. The van der Waals surface area contributed by atoms with Crippen molar-refractivity contribution in [2.24, 2.45) is 0 Å². The van der Waals surface area contributed by atoms with Gasteiger partial charge >= 0.3 is 6.03 Å². The fraction of sp³-hybridized carbons (Fsp3) is 0.200. The molecule has 6 nitrogen and oxygen atoms in total. The second-order valence-electron chi connectivity index (χ2n) is 5.33. The summed E-state index contributed by atoms with van der Waals surface area (Å²) in [5.74, 6) is 6.46. The molecule has 0 atom stereocenters. The zero-order chi connectivity index (χ0) is 18.8. The van der Waals surface area contributed by atoms with E-state index in [-0.39, 0.29) is 18.5 Å². The number of hydrogen-bond donors (Lipinski definition) is 3. The van der Waals surface area contributed by atoms with Gasteiger partial charge in [-0.25, -0.2) is 4.79 Å². The molecule has 0 bridgehead atoms. The predicted molar refractivity (Wildman–Crippen MR) is 102 cm³/mol. The smallest absolute Gasteiger partial charge is 0.319 e. The highest BCUT2D eigenvalue weighted by Gasteiger charge is 2.00. The quantitative estimate of drug-likeness (QED) is 0.724. The average Bonchev–Trinajstić information content (AvgIpc) is 2.61. The Balaban J connectivity index is 1.77. The van der Waals surface area contributed by atoms with E-state index in [0.717, 1.165) is 17.0 Å². The van der Waals surface area contributed by atoms with Gasteiger partial charge in [0, 0.05) is 23.9 Å². The van der Waals surface area contributed by atoms with Crippen molar-refractivity contribution >= 4 is 23.3 Å². The minimum atomic E-state index is -0.329. The number of anilines is 2. The van der Waals surface area contributed by atoms with Crippen LogP contribution in [0, 0.1) is 11.8 Å². The summed E-state index contributed by atoms with van der Waals surface area (Å²) in [5.41, 5.74) is 2.19. The van der Waals surface area contributed by atoms with Crippen LogP contribution in [0.2, 0.25) is 0 Å². The first-order chi connectivity index (χ1) is 12.6. The maximum atomic E-state index is 11.8. The van der Waals surface area contributed by atoms with Crippen molar-refractivity contribution in [1.82, 2.24) is 5.32 Å². The van der Waals surface area contributed by atoms with Crippen LogP contribution in [0.5, 0.6) is 5.75 Å². The Hall–Kier alpha value is -3.46. The number of hydrogen-bond acceptors (Lipinski definition) is 3. The van der Waals surface area contributed by atoms with Gasteiger partial charge in [0.05, 0.1) is 13.2 Å². The molecule has 2 aromatic carbocycles. The Morgan fingerprint density at radius 1 is 0.962 bits per heavy atom. The van der Waals surface area contributed by atoms with E-state index in [1.165, 1.54) is 6.92 Å². The van der Waals surface area contributed by atoms with Crippen molar-refractivity contribution in [2.75, 3.05) is 23.8 Å². The summed E-state index contributed by atoms with van der Waals surface area (Å²) in [7, 11) is 0. The molecule has 0 radical (unpaired) electrons. The van der Waals surface area contributed by atoms with E-state index in [0.29, 0.717) is 12.3 Å². The van der Waals surface area contributed by atoms with Gasteiger partial charge in [0.1, 0.15) is 5.75 Å². The minimum Gasteiger partial charge on any atom is -0.494 e. The first-order valence-electron chi connectivity index (χ1n) is 8.21. The van der Waals surface area contributed by atoms with Crippen molar-refractivity contribution in [3.05, 3.63) is 54.1 Å². The van der Waals surface area contributed by atoms with Crippen molar-refractivity contribution in [3.63, 3.8) is 0 Å². The Morgan fingerprint density at radius 2 is 1.58 bits per heavy atom. The minimum absolute atomic E-state index is 0.119. The first-order valence-corrected chi connectivity index (χ1v) is 8.21. The normalized spacial score (nSPS) is 9.46. The Kier molecular flexibility index (Phi) is 7.07. The molecule has 2 aromatic rings. The molecular weight excluding hydrogens is 330 g/mol. The highest BCUT2D eigenvalue weighted by Crippen LogP contribution is 2.15. The summed E-state index contributed by atoms with van der Waals surface area (Å²) in [6, 6.07) is 14.0. The van der Waals surface area contributed by atoms with Gasteiger partial charge in [0.25, 0.3) is 0 Å². The zero-order valence-electron chi connectivity index (χ0n) is 14.8. The molecule has 2 rings (SSSR count). The summed E-state index contributed by atoms with van der Waals surface area (Å²) in [4.78, 5) is 22.8. The van der Waals surface area contributed by atoms with E-state index in [4.69, 9.17) is 4.74 Å². The SMILES string of the molecule is CCOc1ccc(NC(=O)NCC#Cc2ccc(NC(C)=O)cc2)cc1. The van der Waals surface area contributed by atoms with Gasteiger partial charge in [-0.3, -0.25) is 4.79 Å². The van der Waals surface area contributed by atoms with Crippen molar-refractivity contribution in [2.45, 2.75) is 13.8 Å². The third-order valence-electron chi connectivity index (χ3n) is 3.20. The maximum absolute atomic E-state index is 11.8. The molecule has 0 fully saturated rings. The second kappa shape index (κ2) is 9.74. The molecule has 0 saturated heterocycles. The molecule has 3 N–H and O–H groups in total. The van der Waals surface area contributed by atoms with Crippen LogP contribution in [-0.2, 0) is 4.79 Å². The highest BCUT2D eigenvalue weighted by atomic mass is 16.5. The van der Waals surface area contributed by atoms with Crippen molar-refractivity contribution < 1.29 is 14.3 Å². The number of nitrogens with one attached hydrogen (secondary N) is 3. The van der Waals surface area contributed by atoms with Gasteiger partial charge in [0.15, 0.2) is 0 Å². The van der Waals surface area contributed by atoms with Crippen LogP contribution >= 0.6 is 0 Å². The molecule has 0 spiro atoms. The number of urea groups is 1. The number of ether oxygens (including phenoxy) is 1. The number of carbonyl (C=O) groups excluding carboxylic acids is 2. The maximum Gasteiger partial charge on any atom is 0.319 e. The Morgan fingerprint density at radius 3 is 2.19 bits per heavy atom. The number of amides is 3. The van der Waals surface area contributed by atoms with Gasteiger partial charge in [-0.15, -0.1) is 0 Å². The summed E-state index contributed by atoms with van der Waals surface area (Å²) in [5, 5.41) is 8.08. The Labute approximate surface area is 152 Å². The summed E-state index contributed by atoms with van der Waals surface area (Å²) in [6.07, 6.45) is 0. The monoisotopic (exact) mass is 351 g/mol. The molecular formula is C20H21N3O3. The van der Waals surface area contributed by atoms with E-state index in [2.05, 4.69) is 27.8 Å². The van der Waals surface area contributed by atoms with Crippen LogP contribution in [0.4, 0.5) is 16.2 Å². The van der Waals surface area contributed by atoms with E-state index in [1.54, 1.807) is 48.5 Å². The molecule has 0 unspecified atom stereocenters. The molecule has 0 heterocycles. The summed E-state index contributed by atoms with van der Waals surface area (Å²) >= 11 is 0. The van der Waals surface area contributed by atoms with E-state index in [9.17, 15) is 9.59 Å². The lowest BCUT2D eigenvalue weighted by Crippen LogP contribution is -2.28. The van der Waals surface area contributed by atoms with Crippen LogP contribution in [0.1, 0.15) is 19.4 Å². The molecule has 26 heavy (non-hydrogen) atoms. The van der Waals surface area contributed by atoms with Crippen molar-refractivity contribution in [1.29, 1.82) is 0 Å². The molecule has 6 heteroatoms. The largest absolute Gasteiger partial charge is 0.494 e. The van der Waals surface area contributed by atoms with E-state index < -0.39 is 0 Å². The van der Waals surface area contributed by atoms with Crippen LogP contribution in [-0.4, -0.2) is 25.1 Å². The summed E-state index contributed by atoms with van der Waals surface area (Å²) in [6.45, 7) is 4.19. The van der Waals surface area contributed by atoms with Crippen LogP contribution in [0.15, 0.2) is 48.5 Å². The van der Waals surface area contributed by atoms with E-state index >= 15 is 0 Å². The molecule has 0 aliphatic heterocycles. The van der Waals surface area contributed by atoms with Crippen LogP contribution < -0.4 is 20.7 Å². The predicted octanol–water partition coefficient (Wildman–Crippen LogP) is 3.22.